The number of hydrogen-bond acceptors (Lipinski definition) is 5. The zero-order valence-electron chi connectivity index (χ0n) is 10.5. The third kappa shape index (κ3) is 2.99. The Morgan fingerprint density at radius 3 is 2.68 bits per heavy atom. The van der Waals surface area contributed by atoms with Crippen molar-refractivity contribution in [1.29, 1.82) is 0 Å². The molecule has 1 amide bonds. The van der Waals surface area contributed by atoms with E-state index in [1.165, 1.54) is 12.1 Å². The maximum absolute atomic E-state index is 12.1. The minimum Gasteiger partial charge on any atom is -0.336 e. The molecule has 0 radical (unpaired) electrons. The SMILES string of the molecule is Cc1ccsc1CN(C)C(=O)c1ccc([N+](=O)[O-])s1. The van der Waals surface area contributed by atoms with Crippen molar-refractivity contribution in [2.75, 3.05) is 7.05 Å². The van der Waals surface area contributed by atoms with Crippen molar-refractivity contribution in [3.8, 4) is 0 Å². The number of thiophene rings is 2. The molecule has 2 aromatic heterocycles. The molecule has 2 heterocycles. The first-order valence-electron chi connectivity index (χ1n) is 5.51. The van der Waals surface area contributed by atoms with Gasteiger partial charge in [-0.1, -0.05) is 11.3 Å². The molecule has 2 aromatic rings. The maximum Gasteiger partial charge on any atom is 0.324 e. The topological polar surface area (TPSA) is 63.5 Å². The van der Waals surface area contributed by atoms with Crippen LogP contribution in [0, 0.1) is 17.0 Å². The smallest absolute Gasteiger partial charge is 0.324 e. The Balaban J connectivity index is 2.10. The first-order chi connectivity index (χ1) is 8.99. The molecule has 19 heavy (non-hydrogen) atoms. The average molecular weight is 296 g/mol. The van der Waals surface area contributed by atoms with E-state index in [0.29, 0.717) is 11.4 Å². The van der Waals surface area contributed by atoms with Crippen LogP contribution in [0.15, 0.2) is 23.6 Å². The monoisotopic (exact) mass is 296 g/mol. The molecule has 7 heteroatoms. The maximum atomic E-state index is 12.1. The van der Waals surface area contributed by atoms with Crippen LogP contribution in [-0.2, 0) is 6.54 Å². The summed E-state index contributed by atoms with van der Waals surface area (Å²) in [6.07, 6.45) is 0. The van der Waals surface area contributed by atoms with Gasteiger partial charge in [-0.2, -0.15) is 0 Å². The van der Waals surface area contributed by atoms with Crippen LogP contribution in [0.25, 0.3) is 0 Å². The normalized spacial score (nSPS) is 10.4. The van der Waals surface area contributed by atoms with Gasteiger partial charge in [0.2, 0.25) is 0 Å². The van der Waals surface area contributed by atoms with Crippen LogP contribution in [0.2, 0.25) is 0 Å². The van der Waals surface area contributed by atoms with Crippen LogP contribution in [0.3, 0.4) is 0 Å². The summed E-state index contributed by atoms with van der Waals surface area (Å²) < 4.78 is 0. The van der Waals surface area contributed by atoms with Crippen LogP contribution >= 0.6 is 22.7 Å². The molecule has 2 rings (SSSR count). The highest BCUT2D eigenvalue weighted by Gasteiger charge is 2.19. The third-order valence-corrected chi connectivity index (χ3v) is 4.71. The molecule has 0 N–H and O–H groups in total. The molecule has 0 atom stereocenters. The molecule has 0 fully saturated rings. The highest BCUT2D eigenvalue weighted by atomic mass is 32.1. The minimum atomic E-state index is -0.481. The van der Waals surface area contributed by atoms with Gasteiger partial charge in [0.05, 0.1) is 16.3 Å². The van der Waals surface area contributed by atoms with E-state index >= 15 is 0 Å². The fourth-order valence-electron chi connectivity index (χ4n) is 1.58. The lowest BCUT2D eigenvalue weighted by Crippen LogP contribution is -2.25. The second-order valence-electron chi connectivity index (χ2n) is 4.08. The predicted octanol–water partition coefficient (Wildman–Crippen LogP) is 3.30. The number of nitrogens with zero attached hydrogens (tertiary/aromatic N) is 2. The molecule has 0 saturated carbocycles. The van der Waals surface area contributed by atoms with E-state index in [4.69, 9.17) is 0 Å². The lowest BCUT2D eigenvalue weighted by atomic mass is 10.3. The zero-order chi connectivity index (χ0) is 14.0. The summed E-state index contributed by atoms with van der Waals surface area (Å²) in [6, 6.07) is 4.87. The summed E-state index contributed by atoms with van der Waals surface area (Å²) in [5.74, 6) is -0.189. The van der Waals surface area contributed by atoms with E-state index in [1.807, 2.05) is 18.4 Å². The minimum absolute atomic E-state index is 0.0101. The van der Waals surface area contributed by atoms with Crippen molar-refractivity contribution in [1.82, 2.24) is 4.90 Å². The zero-order valence-corrected chi connectivity index (χ0v) is 12.1. The fourth-order valence-corrected chi connectivity index (χ4v) is 3.36. The van der Waals surface area contributed by atoms with E-state index in [-0.39, 0.29) is 10.9 Å². The van der Waals surface area contributed by atoms with Crippen molar-refractivity contribution < 1.29 is 9.72 Å². The third-order valence-electron chi connectivity index (χ3n) is 2.68. The van der Waals surface area contributed by atoms with Crippen LogP contribution in [0.5, 0.6) is 0 Å². The van der Waals surface area contributed by atoms with Gasteiger partial charge in [0.1, 0.15) is 0 Å². The standard InChI is InChI=1S/C12H12N2O3S2/c1-8-5-6-18-10(8)7-13(2)12(15)9-3-4-11(19-9)14(16)17/h3-6H,7H2,1-2H3. The summed E-state index contributed by atoms with van der Waals surface area (Å²) in [7, 11) is 1.70. The predicted molar refractivity (Wildman–Crippen MR) is 75.8 cm³/mol. The summed E-state index contributed by atoms with van der Waals surface area (Å²) in [5, 5.41) is 12.6. The van der Waals surface area contributed by atoms with Crippen LogP contribution < -0.4 is 0 Å². The van der Waals surface area contributed by atoms with Crippen molar-refractivity contribution >= 4 is 33.6 Å². The van der Waals surface area contributed by atoms with Gasteiger partial charge in [-0.05, 0) is 30.0 Å². The number of nitro groups is 1. The number of carbonyl (C=O) groups is 1. The molecule has 0 aromatic carbocycles. The lowest BCUT2D eigenvalue weighted by Gasteiger charge is -2.15. The van der Waals surface area contributed by atoms with Gasteiger partial charge in [-0.3, -0.25) is 14.9 Å². The molecule has 0 aliphatic carbocycles. The summed E-state index contributed by atoms with van der Waals surface area (Å²) >= 11 is 2.51. The Labute approximate surface area is 118 Å². The fraction of sp³-hybridized carbons (Fsp3) is 0.250. The second-order valence-corrected chi connectivity index (χ2v) is 6.15. The molecule has 100 valence electrons. The van der Waals surface area contributed by atoms with E-state index in [0.717, 1.165) is 21.8 Å². The van der Waals surface area contributed by atoms with Gasteiger partial charge in [0.15, 0.2) is 0 Å². The Hall–Kier alpha value is -1.73. The van der Waals surface area contributed by atoms with Crippen molar-refractivity contribution in [2.45, 2.75) is 13.5 Å². The van der Waals surface area contributed by atoms with Gasteiger partial charge >= 0.3 is 5.00 Å². The van der Waals surface area contributed by atoms with Crippen LogP contribution in [0.4, 0.5) is 5.00 Å². The molecular weight excluding hydrogens is 284 g/mol. The molecule has 0 aliphatic heterocycles. The summed E-state index contributed by atoms with van der Waals surface area (Å²) in [5.41, 5.74) is 1.15. The quantitative estimate of drug-likeness (QED) is 0.642. The molecule has 0 spiro atoms. The first-order valence-corrected chi connectivity index (χ1v) is 7.21. The Bertz CT molecular complexity index is 618. The lowest BCUT2D eigenvalue weighted by molar-refractivity contribution is -0.380. The number of hydrogen-bond donors (Lipinski definition) is 0. The van der Waals surface area contributed by atoms with Crippen LogP contribution in [-0.4, -0.2) is 22.8 Å². The van der Waals surface area contributed by atoms with Gasteiger partial charge in [0.25, 0.3) is 5.91 Å². The van der Waals surface area contributed by atoms with Crippen molar-refractivity contribution in [2.24, 2.45) is 0 Å². The van der Waals surface area contributed by atoms with E-state index in [2.05, 4.69) is 0 Å². The summed E-state index contributed by atoms with van der Waals surface area (Å²) in [6.45, 7) is 2.52. The summed E-state index contributed by atoms with van der Waals surface area (Å²) in [4.78, 5) is 25.4. The van der Waals surface area contributed by atoms with Gasteiger partial charge in [-0.15, -0.1) is 11.3 Å². The van der Waals surface area contributed by atoms with Crippen molar-refractivity contribution in [3.63, 3.8) is 0 Å². The Morgan fingerprint density at radius 1 is 1.42 bits per heavy atom. The molecule has 0 aliphatic rings. The molecule has 0 unspecified atom stereocenters. The van der Waals surface area contributed by atoms with E-state index < -0.39 is 4.92 Å². The number of amides is 1. The molecule has 5 nitrogen and oxygen atoms in total. The van der Waals surface area contributed by atoms with Gasteiger partial charge in [0, 0.05) is 18.0 Å². The largest absolute Gasteiger partial charge is 0.336 e. The molecule has 0 saturated heterocycles. The Kier molecular flexibility index (Phi) is 3.96. The molecular formula is C12H12N2O3S2. The Morgan fingerprint density at radius 2 is 2.16 bits per heavy atom. The van der Waals surface area contributed by atoms with Gasteiger partial charge < -0.3 is 4.90 Å². The van der Waals surface area contributed by atoms with Gasteiger partial charge in [-0.25, -0.2) is 0 Å². The first kappa shape index (κ1) is 13.7. The van der Waals surface area contributed by atoms with E-state index in [1.54, 1.807) is 23.3 Å². The average Bonchev–Trinajstić information content (AvgIpc) is 2.98. The number of carbonyl (C=O) groups excluding carboxylic acids is 1. The highest BCUT2D eigenvalue weighted by Crippen LogP contribution is 2.26. The second kappa shape index (κ2) is 5.50. The number of aryl methyl sites for hydroxylation is 1. The highest BCUT2D eigenvalue weighted by molar-refractivity contribution is 7.17. The number of rotatable bonds is 4. The van der Waals surface area contributed by atoms with Crippen LogP contribution in [0.1, 0.15) is 20.1 Å². The molecule has 0 bridgehead atoms. The van der Waals surface area contributed by atoms with E-state index in [9.17, 15) is 14.9 Å². The van der Waals surface area contributed by atoms with Crippen molar-refractivity contribution in [3.05, 3.63) is 49.0 Å².